The fraction of sp³-hybridized carbons (Fsp3) is 0.182. The lowest BCUT2D eigenvalue weighted by Gasteiger charge is -2.10. The molecule has 0 radical (unpaired) electrons. The van der Waals surface area contributed by atoms with Crippen molar-refractivity contribution in [2.75, 3.05) is 0 Å². The van der Waals surface area contributed by atoms with Crippen molar-refractivity contribution in [3.05, 3.63) is 83.1 Å². The molecule has 27 heavy (non-hydrogen) atoms. The van der Waals surface area contributed by atoms with E-state index in [0.717, 1.165) is 16.6 Å². The standard InChI is InChI=1S/C22H21N3OS/c1-15-6-10-19(11-7-15)25-21(20-5-4-12-26-20)23-24-22(25)27-14-18-9-8-16(2)17(3)13-18/h4-13H,14H2,1-3H3. The highest BCUT2D eigenvalue weighted by Crippen LogP contribution is 2.30. The van der Waals surface area contributed by atoms with Gasteiger partial charge < -0.3 is 4.42 Å². The van der Waals surface area contributed by atoms with Crippen LogP contribution < -0.4 is 0 Å². The van der Waals surface area contributed by atoms with Crippen LogP contribution in [0.3, 0.4) is 0 Å². The Labute approximate surface area is 163 Å². The molecule has 2 aromatic carbocycles. The number of thioether (sulfide) groups is 1. The Balaban J connectivity index is 1.69. The van der Waals surface area contributed by atoms with E-state index in [1.54, 1.807) is 18.0 Å². The zero-order chi connectivity index (χ0) is 18.8. The third kappa shape index (κ3) is 3.69. The molecule has 4 nitrogen and oxygen atoms in total. The molecule has 2 aromatic heterocycles. The minimum absolute atomic E-state index is 0.709. The van der Waals surface area contributed by atoms with E-state index >= 15 is 0 Å². The van der Waals surface area contributed by atoms with E-state index in [4.69, 9.17) is 4.42 Å². The lowest BCUT2D eigenvalue weighted by atomic mass is 10.1. The van der Waals surface area contributed by atoms with E-state index in [9.17, 15) is 0 Å². The molecule has 0 aliphatic carbocycles. The van der Waals surface area contributed by atoms with Crippen LogP contribution in [-0.4, -0.2) is 14.8 Å². The number of rotatable bonds is 5. The number of hydrogen-bond acceptors (Lipinski definition) is 4. The summed E-state index contributed by atoms with van der Waals surface area (Å²) in [5.74, 6) is 2.26. The number of aryl methyl sites for hydroxylation is 3. The number of nitrogens with zero attached hydrogens (tertiary/aromatic N) is 3. The van der Waals surface area contributed by atoms with Crippen LogP contribution in [-0.2, 0) is 5.75 Å². The zero-order valence-electron chi connectivity index (χ0n) is 15.6. The summed E-state index contributed by atoms with van der Waals surface area (Å²) in [4.78, 5) is 0. The number of benzene rings is 2. The lowest BCUT2D eigenvalue weighted by Crippen LogP contribution is -1.99. The maximum Gasteiger partial charge on any atom is 0.205 e. The quantitative estimate of drug-likeness (QED) is 0.417. The molecule has 0 N–H and O–H groups in total. The predicted octanol–water partition coefficient (Wildman–Crippen LogP) is 5.74. The minimum Gasteiger partial charge on any atom is -0.461 e. The van der Waals surface area contributed by atoms with E-state index in [2.05, 4.69) is 78.0 Å². The van der Waals surface area contributed by atoms with E-state index in [0.29, 0.717) is 11.6 Å². The molecule has 0 saturated carbocycles. The monoisotopic (exact) mass is 375 g/mol. The first-order valence-electron chi connectivity index (χ1n) is 8.87. The highest BCUT2D eigenvalue weighted by Gasteiger charge is 2.18. The van der Waals surface area contributed by atoms with Gasteiger partial charge in [-0.05, 0) is 61.7 Å². The topological polar surface area (TPSA) is 43.9 Å². The van der Waals surface area contributed by atoms with Crippen LogP contribution in [0.15, 0.2) is 70.4 Å². The van der Waals surface area contributed by atoms with Gasteiger partial charge in [-0.2, -0.15) is 0 Å². The van der Waals surface area contributed by atoms with Crippen molar-refractivity contribution >= 4 is 11.8 Å². The van der Waals surface area contributed by atoms with Crippen molar-refractivity contribution in [2.45, 2.75) is 31.7 Å². The van der Waals surface area contributed by atoms with Crippen molar-refractivity contribution in [3.63, 3.8) is 0 Å². The summed E-state index contributed by atoms with van der Waals surface area (Å²) in [5, 5.41) is 9.69. The van der Waals surface area contributed by atoms with Crippen molar-refractivity contribution < 1.29 is 4.42 Å². The van der Waals surface area contributed by atoms with Crippen molar-refractivity contribution in [3.8, 4) is 17.3 Å². The molecule has 0 unspecified atom stereocenters. The Morgan fingerprint density at radius 2 is 1.74 bits per heavy atom. The molecule has 0 fully saturated rings. The molecule has 0 amide bonds. The van der Waals surface area contributed by atoms with Gasteiger partial charge >= 0.3 is 0 Å². The van der Waals surface area contributed by atoms with Crippen LogP contribution in [0, 0.1) is 20.8 Å². The molecule has 2 heterocycles. The average molecular weight is 375 g/mol. The summed E-state index contributed by atoms with van der Waals surface area (Å²) in [6.07, 6.45) is 1.66. The van der Waals surface area contributed by atoms with Crippen LogP contribution in [0.5, 0.6) is 0 Å². The first kappa shape index (κ1) is 17.6. The Hall–Kier alpha value is -2.79. The summed E-state index contributed by atoms with van der Waals surface area (Å²) in [6.45, 7) is 6.36. The van der Waals surface area contributed by atoms with Crippen LogP contribution in [0.2, 0.25) is 0 Å². The van der Waals surface area contributed by atoms with Gasteiger partial charge in [0, 0.05) is 11.4 Å². The Morgan fingerprint density at radius 3 is 2.44 bits per heavy atom. The molecule has 4 rings (SSSR count). The number of aromatic nitrogens is 3. The maximum absolute atomic E-state index is 5.58. The minimum atomic E-state index is 0.709. The highest BCUT2D eigenvalue weighted by molar-refractivity contribution is 7.98. The van der Waals surface area contributed by atoms with Gasteiger partial charge in [0.2, 0.25) is 5.82 Å². The van der Waals surface area contributed by atoms with Crippen LogP contribution in [0.25, 0.3) is 17.3 Å². The number of hydrogen-bond donors (Lipinski definition) is 0. The van der Waals surface area contributed by atoms with Crippen molar-refractivity contribution in [1.29, 1.82) is 0 Å². The van der Waals surface area contributed by atoms with Gasteiger partial charge in [0.25, 0.3) is 0 Å². The smallest absolute Gasteiger partial charge is 0.205 e. The molecule has 0 aliphatic heterocycles. The molecule has 0 aliphatic rings. The summed E-state index contributed by atoms with van der Waals surface area (Å²) in [5.41, 5.74) is 6.15. The SMILES string of the molecule is Cc1ccc(-n2c(SCc3ccc(C)c(C)c3)nnc2-c2ccco2)cc1. The molecular weight excluding hydrogens is 354 g/mol. The number of furan rings is 1. The lowest BCUT2D eigenvalue weighted by molar-refractivity contribution is 0.575. The van der Waals surface area contributed by atoms with Crippen LogP contribution >= 0.6 is 11.8 Å². The third-order valence-electron chi connectivity index (χ3n) is 4.61. The largest absolute Gasteiger partial charge is 0.461 e. The predicted molar refractivity (Wildman–Crippen MR) is 109 cm³/mol. The zero-order valence-corrected chi connectivity index (χ0v) is 16.5. The normalized spacial score (nSPS) is 11.1. The van der Waals surface area contributed by atoms with Gasteiger partial charge in [-0.3, -0.25) is 4.57 Å². The molecular formula is C22H21N3OS. The average Bonchev–Trinajstić information content (AvgIpc) is 3.33. The van der Waals surface area contributed by atoms with E-state index < -0.39 is 0 Å². The molecule has 0 saturated heterocycles. The summed E-state index contributed by atoms with van der Waals surface area (Å²) >= 11 is 1.68. The van der Waals surface area contributed by atoms with Crippen LogP contribution in [0.1, 0.15) is 22.3 Å². The molecule has 4 aromatic rings. The van der Waals surface area contributed by atoms with Gasteiger partial charge in [0.05, 0.1) is 6.26 Å². The van der Waals surface area contributed by atoms with E-state index in [1.807, 2.05) is 12.1 Å². The molecule has 0 atom stereocenters. The molecule has 5 heteroatoms. The fourth-order valence-electron chi connectivity index (χ4n) is 2.90. The van der Waals surface area contributed by atoms with Gasteiger partial charge in [-0.1, -0.05) is 47.7 Å². The Bertz CT molecular complexity index is 1050. The van der Waals surface area contributed by atoms with Gasteiger partial charge in [-0.25, -0.2) is 0 Å². The second kappa shape index (κ2) is 7.45. The van der Waals surface area contributed by atoms with Crippen molar-refractivity contribution in [2.24, 2.45) is 0 Å². The molecule has 0 bridgehead atoms. The highest BCUT2D eigenvalue weighted by atomic mass is 32.2. The second-order valence-corrected chi connectivity index (χ2v) is 7.60. The van der Waals surface area contributed by atoms with Gasteiger partial charge in [-0.15, -0.1) is 10.2 Å². The van der Waals surface area contributed by atoms with Gasteiger partial charge in [0.15, 0.2) is 10.9 Å². The first-order chi connectivity index (χ1) is 13.1. The maximum atomic E-state index is 5.58. The Morgan fingerprint density at radius 1 is 0.926 bits per heavy atom. The van der Waals surface area contributed by atoms with E-state index in [1.165, 1.54) is 22.3 Å². The summed E-state index contributed by atoms with van der Waals surface area (Å²) in [6, 6.07) is 18.7. The fourth-order valence-corrected chi connectivity index (χ4v) is 3.79. The third-order valence-corrected chi connectivity index (χ3v) is 5.61. The first-order valence-corrected chi connectivity index (χ1v) is 9.85. The Kier molecular flexibility index (Phi) is 4.86. The summed E-state index contributed by atoms with van der Waals surface area (Å²) in [7, 11) is 0. The van der Waals surface area contributed by atoms with E-state index in [-0.39, 0.29) is 0 Å². The van der Waals surface area contributed by atoms with Crippen molar-refractivity contribution in [1.82, 2.24) is 14.8 Å². The van der Waals surface area contributed by atoms with Gasteiger partial charge in [0.1, 0.15) is 0 Å². The molecule has 136 valence electrons. The molecule has 0 spiro atoms. The van der Waals surface area contributed by atoms with Crippen LogP contribution in [0.4, 0.5) is 0 Å². The second-order valence-electron chi connectivity index (χ2n) is 6.66. The summed E-state index contributed by atoms with van der Waals surface area (Å²) < 4.78 is 7.64.